The summed E-state index contributed by atoms with van der Waals surface area (Å²) >= 11 is 0. The van der Waals surface area contributed by atoms with Gasteiger partial charge in [-0.25, -0.2) is 5.43 Å². The second-order valence-corrected chi connectivity index (χ2v) is 7.14. The zero-order valence-corrected chi connectivity index (χ0v) is 17.0. The van der Waals surface area contributed by atoms with E-state index in [-0.39, 0.29) is 18.4 Å². The summed E-state index contributed by atoms with van der Waals surface area (Å²) in [6, 6.07) is 5.17. The molecule has 0 atom stereocenters. The molecule has 0 saturated heterocycles. The third-order valence-corrected chi connectivity index (χ3v) is 4.89. The Morgan fingerprint density at radius 1 is 1.07 bits per heavy atom. The molecule has 0 spiro atoms. The highest BCUT2D eigenvalue weighted by Crippen LogP contribution is 2.24. The van der Waals surface area contributed by atoms with Gasteiger partial charge in [-0.2, -0.15) is 5.10 Å². The van der Waals surface area contributed by atoms with Crippen molar-refractivity contribution in [1.29, 1.82) is 0 Å². The van der Waals surface area contributed by atoms with Crippen molar-refractivity contribution >= 4 is 17.5 Å². The minimum absolute atomic E-state index is 0.0527. The fourth-order valence-corrected chi connectivity index (χ4v) is 3.34. The number of hydrogen-bond acceptors (Lipinski definition) is 5. The van der Waals surface area contributed by atoms with E-state index in [1.165, 1.54) is 26.4 Å². The quantitative estimate of drug-likeness (QED) is 0.552. The lowest BCUT2D eigenvalue weighted by Crippen LogP contribution is -2.36. The molecule has 1 aromatic rings. The van der Waals surface area contributed by atoms with Gasteiger partial charge in [-0.3, -0.25) is 9.59 Å². The average molecular weight is 389 g/mol. The second-order valence-electron chi connectivity index (χ2n) is 7.14. The van der Waals surface area contributed by atoms with E-state index in [0.29, 0.717) is 22.8 Å². The van der Waals surface area contributed by atoms with Gasteiger partial charge < -0.3 is 14.8 Å². The summed E-state index contributed by atoms with van der Waals surface area (Å²) in [4.78, 5) is 24.6. The van der Waals surface area contributed by atoms with Gasteiger partial charge in [0.15, 0.2) is 0 Å². The summed E-state index contributed by atoms with van der Waals surface area (Å²) in [6.45, 7) is 1.73. The van der Waals surface area contributed by atoms with E-state index in [1.54, 1.807) is 32.2 Å². The predicted molar refractivity (Wildman–Crippen MR) is 109 cm³/mol. The molecule has 2 rings (SSSR count). The van der Waals surface area contributed by atoms with Gasteiger partial charge in [0.25, 0.3) is 5.91 Å². The molecule has 1 fully saturated rings. The van der Waals surface area contributed by atoms with Crippen LogP contribution in [0.1, 0.15) is 68.6 Å². The smallest absolute Gasteiger partial charge is 0.275 e. The second kappa shape index (κ2) is 11.3. The number of rotatable bonds is 7. The number of amides is 2. The van der Waals surface area contributed by atoms with E-state index < -0.39 is 5.91 Å². The van der Waals surface area contributed by atoms with Crippen molar-refractivity contribution in [2.24, 2.45) is 5.10 Å². The Morgan fingerprint density at radius 3 is 2.39 bits per heavy atom. The van der Waals surface area contributed by atoms with Crippen LogP contribution in [0, 0.1) is 0 Å². The SMILES string of the molecule is COc1ccc(C(=O)N/N=C(/C)CC(=O)NC2CCCCCCC2)c(OC)c1. The Kier molecular flexibility index (Phi) is 8.78. The first-order valence-electron chi connectivity index (χ1n) is 9.88. The Balaban J connectivity index is 1.87. The maximum atomic E-state index is 12.4. The Bertz CT molecular complexity index is 695. The van der Waals surface area contributed by atoms with E-state index in [0.717, 1.165) is 25.7 Å². The molecule has 0 aromatic heterocycles. The highest BCUT2D eigenvalue weighted by molar-refractivity contribution is 6.01. The van der Waals surface area contributed by atoms with Crippen molar-refractivity contribution in [3.05, 3.63) is 23.8 Å². The molecule has 0 bridgehead atoms. The van der Waals surface area contributed by atoms with Crippen LogP contribution in [-0.4, -0.2) is 37.8 Å². The lowest BCUT2D eigenvalue weighted by atomic mass is 9.96. The summed E-state index contributed by atoms with van der Waals surface area (Å²) in [6.07, 6.45) is 8.35. The number of hydrazone groups is 1. The first kappa shape index (κ1) is 21.7. The Hall–Kier alpha value is -2.57. The van der Waals surface area contributed by atoms with Gasteiger partial charge in [-0.05, 0) is 31.9 Å². The lowest BCUT2D eigenvalue weighted by molar-refractivity contribution is -0.120. The Morgan fingerprint density at radius 2 is 1.75 bits per heavy atom. The summed E-state index contributed by atoms with van der Waals surface area (Å²) in [5.74, 6) is 0.535. The standard InChI is InChI=1S/C21H31N3O4/c1-15(13-20(25)22-16-9-7-5-4-6-8-10-16)23-24-21(26)18-12-11-17(27-2)14-19(18)28-3/h11-12,14,16H,4-10,13H2,1-3H3,(H,22,25)(H,24,26)/b23-15-. The van der Waals surface area contributed by atoms with Gasteiger partial charge in [0.1, 0.15) is 11.5 Å². The lowest BCUT2D eigenvalue weighted by Gasteiger charge is -2.21. The van der Waals surface area contributed by atoms with E-state index in [4.69, 9.17) is 9.47 Å². The fraction of sp³-hybridized carbons (Fsp3) is 0.571. The topological polar surface area (TPSA) is 89.0 Å². The van der Waals surface area contributed by atoms with Gasteiger partial charge in [0.05, 0.1) is 26.2 Å². The third kappa shape index (κ3) is 6.87. The molecule has 28 heavy (non-hydrogen) atoms. The van der Waals surface area contributed by atoms with E-state index in [9.17, 15) is 9.59 Å². The molecular weight excluding hydrogens is 358 g/mol. The molecule has 7 heteroatoms. The van der Waals surface area contributed by atoms with Crippen LogP contribution < -0.4 is 20.2 Å². The number of benzene rings is 1. The molecule has 154 valence electrons. The van der Waals surface area contributed by atoms with Crippen LogP contribution in [0.25, 0.3) is 0 Å². The highest BCUT2D eigenvalue weighted by atomic mass is 16.5. The van der Waals surface area contributed by atoms with Crippen molar-refractivity contribution in [3.8, 4) is 11.5 Å². The van der Waals surface area contributed by atoms with E-state index in [2.05, 4.69) is 15.8 Å². The maximum Gasteiger partial charge on any atom is 0.275 e. The maximum absolute atomic E-state index is 12.4. The van der Waals surface area contributed by atoms with Crippen molar-refractivity contribution in [3.63, 3.8) is 0 Å². The van der Waals surface area contributed by atoms with Crippen LogP contribution in [0.5, 0.6) is 11.5 Å². The van der Waals surface area contributed by atoms with Crippen molar-refractivity contribution < 1.29 is 19.1 Å². The highest BCUT2D eigenvalue weighted by Gasteiger charge is 2.16. The van der Waals surface area contributed by atoms with Crippen LogP contribution >= 0.6 is 0 Å². The minimum Gasteiger partial charge on any atom is -0.497 e. The normalized spacial score (nSPS) is 15.9. The molecule has 1 aliphatic rings. The molecular formula is C21H31N3O4. The number of carbonyl (C=O) groups is 2. The summed E-state index contributed by atoms with van der Waals surface area (Å²) in [5.41, 5.74) is 3.38. The van der Waals surface area contributed by atoms with Crippen LogP contribution in [0.15, 0.2) is 23.3 Å². The number of carbonyl (C=O) groups excluding carboxylic acids is 2. The third-order valence-electron chi connectivity index (χ3n) is 4.89. The average Bonchev–Trinajstić information content (AvgIpc) is 2.67. The predicted octanol–water partition coefficient (Wildman–Crippen LogP) is 3.43. The van der Waals surface area contributed by atoms with Crippen LogP contribution in [0.3, 0.4) is 0 Å². The molecule has 2 amide bonds. The molecule has 0 heterocycles. The molecule has 0 unspecified atom stereocenters. The zero-order chi connectivity index (χ0) is 20.4. The summed E-state index contributed by atoms with van der Waals surface area (Å²) in [7, 11) is 3.03. The van der Waals surface area contributed by atoms with Gasteiger partial charge in [-0.1, -0.05) is 32.1 Å². The van der Waals surface area contributed by atoms with Gasteiger partial charge in [0.2, 0.25) is 5.91 Å². The summed E-state index contributed by atoms with van der Waals surface area (Å²) in [5, 5.41) is 7.16. The van der Waals surface area contributed by atoms with Crippen molar-refractivity contribution in [1.82, 2.24) is 10.7 Å². The minimum atomic E-state index is -0.403. The van der Waals surface area contributed by atoms with Crippen LogP contribution in [0.2, 0.25) is 0 Å². The fourth-order valence-electron chi connectivity index (χ4n) is 3.34. The first-order chi connectivity index (χ1) is 13.5. The van der Waals surface area contributed by atoms with Crippen molar-refractivity contribution in [2.45, 2.75) is 64.3 Å². The molecule has 7 nitrogen and oxygen atoms in total. The summed E-state index contributed by atoms with van der Waals surface area (Å²) < 4.78 is 10.4. The molecule has 1 aliphatic carbocycles. The molecule has 1 saturated carbocycles. The molecule has 2 N–H and O–H groups in total. The monoisotopic (exact) mass is 389 g/mol. The largest absolute Gasteiger partial charge is 0.497 e. The number of methoxy groups -OCH3 is 2. The van der Waals surface area contributed by atoms with Crippen LogP contribution in [0.4, 0.5) is 0 Å². The van der Waals surface area contributed by atoms with Crippen LogP contribution in [-0.2, 0) is 4.79 Å². The molecule has 0 radical (unpaired) electrons. The van der Waals surface area contributed by atoms with E-state index >= 15 is 0 Å². The molecule has 0 aliphatic heterocycles. The first-order valence-corrected chi connectivity index (χ1v) is 9.88. The Labute approximate surface area is 166 Å². The van der Waals surface area contributed by atoms with E-state index in [1.807, 2.05) is 0 Å². The number of nitrogens with one attached hydrogen (secondary N) is 2. The van der Waals surface area contributed by atoms with Gasteiger partial charge in [0, 0.05) is 17.8 Å². The van der Waals surface area contributed by atoms with Gasteiger partial charge >= 0.3 is 0 Å². The zero-order valence-electron chi connectivity index (χ0n) is 17.0. The number of nitrogens with zero attached hydrogens (tertiary/aromatic N) is 1. The van der Waals surface area contributed by atoms with Crippen molar-refractivity contribution in [2.75, 3.05) is 14.2 Å². The number of hydrogen-bond donors (Lipinski definition) is 2. The van der Waals surface area contributed by atoms with Gasteiger partial charge in [-0.15, -0.1) is 0 Å². The number of ether oxygens (including phenoxy) is 2. The molecule has 1 aromatic carbocycles.